The van der Waals surface area contributed by atoms with Crippen LogP contribution in [0.25, 0.3) is 0 Å². The summed E-state index contributed by atoms with van der Waals surface area (Å²) in [5.74, 6) is 0.986. The van der Waals surface area contributed by atoms with E-state index in [4.69, 9.17) is 0 Å². The lowest BCUT2D eigenvalue weighted by molar-refractivity contribution is 0.255. The zero-order valence-electron chi connectivity index (χ0n) is 13.3. The first kappa shape index (κ1) is 15.2. The van der Waals surface area contributed by atoms with E-state index in [1.807, 2.05) is 0 Å². The summed E-state index contributed by atoms with van der Waals surface area (Å²) in [5, 5.41) is 6.70. The average Bonchev–Trinajstić information content (AvgIpc) is 2.61. The van der Waals surface area contributed by atoms with Crippen molar-refractivity contribution in [1.29, 1.82) is 0 Å². The summed E-state index contributed by atoms with van der Waals surface area (Å²) in [7, 11) is 0. The third kappa shape index (κ3) is 4.37. The minimum absolute atomic E-state index is 0.955. The Balaban J connectivity index is 1.31. The van der Waals surface area contributed by atoms with Crippen LogP contribution in [0.5, 0.6) is 0 Å². The lowest BCUT2D eigenvalue weighted by Crippen LogP contribution is -2.47. The summed E-state index contributed by atoms with van der Waals surface area (Å²) in [6.45, 7) is 8.76. The first-order chi connectivity index (χ1) is 10.9. The van der Waals surface area contributed by atoms with Crippen LogP contribution < -0.4 is 15.5 Å². The van der Waals surface area contributed by atoms with Crippen molar-refractivity contribution in [1.82, 2.24) is 15.5 Å². The Bertz CT molecular complexity index is 465. The van der Waals surface area contributed by atoms with Gasteiger partial charge < -0.3 is 15.5 Å². The fourth-order valence-corrected chi connectivity index (χ4v) is 3.03. The van der Waals surface area contributed by atoms with E-state index < -0.39 is 0 Å². The van der Waals surface area contributed by atoms with Gasteiger partial charge in [0.25, 0.3) is 0 Å². The first-order valence-corrected chi connectivity index (χ1v) is 8.46. The molecule has 0 unspecified atom stereocenters. The molecule has 0 radical (unpaired) electrons. The predicted octanol–water partition coefficient (Wildman–Crippen LogP) is 1.14. The highest BCUT2D eigenvalue weighted by Crippen LogP contribution is 2.15. The van der Waals surface area contributed by atoms with Gasteiger partial charge in [0, 0.05) is 51.5 Å². The van der Waals surface area contributed by atoms with Crippen molar-refractivity contribution in [3.63, 3.8) is 0 Å². The van der Waals surface area contributed by atoms with E-state index in [9.17, 15) is 0 Å². The number of benzene rings is 1. The zero-order chi connectivity index (χ0) is 15.0. The molecule has 1 aromatic rings. The van der Waals surface area contributed by atoms with E-state index in [2.05, 4.69) is 55.8 Å². The Morgan fingerprint density at radius 2 is 1.91 bits per heavy atom. The topological polar surface area (TPSA) is 42.9 Å². The van der Waals surface area contributed by atoms with Gasteiger partial charge in [0.2, 0.25) is 0 Å². The number of guanidine groups is 1. The van der Waals surface area contributed by atoms with Gasteiger partial charge in [-0.25, -0.2) is 0 Å². The zero-order valence-corrected chi connectivity index (χ0v) is 13.3. The number of para-hydroxylation sites is 1. The van der Waals surface area contributed by atoms with Crippen LogP contribution in [0.4, 0.5) is 5.69 Å². The molecular weight excluding hydrogens is 274 g/mol. The van der Waals surface area contributed by atoms with Crippen molar-refractivity contribution in [2.24, 2.45) is 4.99 Å². The molecule has 1 aromatic carbocycles. The summed E-state index contributed by atoms with van der Waals surface area (Å²) in [4.78, 5) is 9.48. The average molecular weight is 301 g/mol. The van der Waals surface area contributed by atoms with Crippen molar-refractivity contribution in [3.05, 3.63) is 30.3 Å². The van der Waals surface area contributed by atoms with Crippen molar-refractivity contribution in [3.8, 4) is 0 Å². The minimum atomic E-state index is 0.955. The molecule has 0 aliphatic carbocycles. The van der Waals surface area contributed by atoms with E-state index in [0.29, 0.717) is 0 Å². The van der Waals surface area contributed by atoms with Crippen molar-refractivity contribution in [2.75, 3.05) is 57.3 Å². The number of nitrogens with one attached hydrogen (secondary N) is 2. The van der Waals surface area contributed by atoms with Crippen LogP contribution in [0.3, 0.4) is 0 Å². The third-order valence-electron chi connectivity index (χ3n) is 4.33. The fourth-order valence-electron chi connectivity index (χ4n) is 3.03. The molecule has 3 rings (SSSR count). The lowest BCUT2D eigenvalue weighted by Gasteiger charge is -2.36. The molecule has 5 heteroatoms. The Hall–Kier alpha value is -1.75. The second-order valence-electron chi connectivity index (χ2n) is 5.96. The van der Waals surface area contributed by atoms with Crippen LogP contribution in [0, 0.1) is 0 Å². The molecule has 2 aliphatic rings. The number of hydrogen-bond donors (Lipinski definition) is 2. The van der Waals surface area contributed by atoms with E-state index in [1.165, 1.54) is 18.7 Å². The Morgan fingerprint density at radius 1 is 1.09 bits per heavy atom. The summed E-state index contributed by atoms with van der Waals surface area (Å²) in [5.41, 5.74) is 1.35. The maximum Gasteiger partial charge on any atom is 0.191 e. The summed E-state index contributed by atoms with van der Waals surface area (Å²) >= 11 is 0. The number of anilines is 1. The van der Waals surface area contributed by atoms with E-state index >= 15 is 0 Å². The van der Waals surface area contributed by atoms with E-state index in [0.717, 1.165) is 58.2 Å². The molecule has 1 saturated heterocycles. The maximum atomic E-state index is 4.43. The molecule has 2 heterocycles. The van der Waals surface area contributed by atoms with Gasteiger partial charge in [-0.05, 0) is 31.5 Å². The number of hydrogen-bond acceptors (Lipinski definition) is 5. The van der Waals surface area contributed by atoms with E-state index in [1.54, 1.807) is 0 Å². The van der Waals surface area contributed by atoms with Gasteiger partial charge in [0.05, 0.1) is 0 Å². The molecule has 5 nitrogen and oxygen atoms in total. The van der Waals surface area contributed by atoms with E-state index in [-0.39, 0.29) is 0 Å². The van der Waals surface area contributed by atoms with Gasteiger partial charge in [-0.2, -0.15) is 0 Å². The molecule has 0 saturated carbocycles. The second-order valence-corrected chi connectivity index (χ2v) is 5.96. The number of rotatable bonds is 5. The van der Waals surface area contributed by atoms with Gasteiger partial charge in [-0.3, -0.25) is 9.89 Å². The quantitative estimate of drug-likeness (QED) is 0.801. The van der Waals surface area contributed by atoms with Crippen molar-refractivity contribution < 1.29 is 0 Å². The molecule has 22 heavy (non-hydrogen) atoms. The molecule has 2 aliphatic heterocycles. The molecule has 0 aromatic heterocycles. The highest BCUT2D eigenvalue weighted by molar-refractivity contribution is 5.80. The highest BCUT2D eigenvalue weighted by Gasteiger charge is 2.16. The van der Waals surface area contributed by atoms with Gasteiger partial charge in [-0.1, -0.05) is 18.2 Å². The second kappa shape index (κ2) is 8.03. The monoisotopic (exact) mass is 301 g/mol. The van der Waals surface area contributed by atoms with Crippen LogP contribution in [0.2, 0.25) is 0 Å². The molecule has 0 amide bonds. The van der Waals surface area contributed by atoms with Crippen LogP contribution >= 0.6 is 0 Å². The van der Waals surface area contributed by atoms with Crippen LogP contribution in [-0.2, 0) is 0 Å². The summed E-state index contributed by atoms with van der Waals surface area (Å²) in [6.07, 6.45) is 2.32. The van der Waals surface area contributed by atoms with Crippen LogP contribution in [-0.4, -0.2) is 63.2 Å². The summed E-state index contributed by atoms with van der Waals surface area (Å²) < 4.78 is 0. The van der Waals surface area contributed by atoms with Crippen LogP contribution in [0.15, 0.2) is 35.3 Å². The smallest absolute Gasteiger partial charge is 0.191 e. The molecule has 120 valence electrons. The predicted molar refractivity (Wildman–Crippen MR) is 92.6 cm³/mol. The van der Waals surface area contributed by atoms with Gasteiger partial charge in [-0.15, -0.1) is 0 Å². The number of nitrogens with zero attached hydrogens (tertiary/aromatic N) is 3. The van der Waals surface area contributed by atoms with Gasteiger partial charge in [0.15, 0.2) is 5.96 Å². The number of piperazine rings is 1. The van der Waals surface area contributed by atoms with Gasteiger partial charge in [0.1, 0.15) is 0 Å². The molecule has 1 fully saturated rings. The third-order valence-corrected chi connectivity index (χ3v) is 4.33. The standard InChI is InChI=1S/C17H27N5/c1-2-6-16(7-3-1)22-14-12-21(13-15-22)11-5-10-20-17-18-8-4-9-19-17/h1-3,6-7H,4-5,8-15H2,(H2,18,19,20). The molecule has 0 atom stereocenters. The largest absolute Gasteiger partial charge is 0.369 e. The minimum Gasteiger partial charge on any atom is -0.369 e. The van der Waals surface area contributed by atoms with Crippen molar-refractivity contribution >= 4 is 11.6 Å². The summed E-state index contributed by atoms with van der Waals surface area (Å²) in [6, 6.07) is 10.7. The molecule has 2 N–H and O–H groups in total. The normalized spacial score (nSPS) is 19.5. The molecule has 0 bridgehead atoms. The molecule has 0 spiro atoms. The molecular formula is C17H27N5. The lowest BCUT2D eigenvalue weighted by atomic mass is 10.2. The van der Waals surface area contributed by atoms with Crippen LogP contribution in [0.1, 0.15) is 12.8 Å². The maximum absolute atomic E-state index is 4.43. The highest BCUT2D eigenvalue weighted by atomic mass is 15.3. The Labute approximate surface area is 133 Å². The van der Waals surface area contributed by atoms with Crippen molar-refractivity contribution in [2.45, 2.75) is 12.8 Å². The SMILES string of the molecule is c1ccc(N2CCN(CCCNC3=NCCCN3)CC2)cc1. The Kier molecular flexibility index (Phi) is 5.54. The first-order valence-electron chi connectivity index (χ1n) is 8.46. The fraction of sp³-hybridized carbons (Fsp3) is 0.588. The number of aliphatic imine (C=N–C) groups is 1. The Morgan fingerprint density at radius 3 is 2.64 bits per heavy atom. The van der Waals surface area contributed by atoms with Gasteiger partial charge >= 0.3 is 0 Å².